The summed E-state index contributed by atoms with van der Waals surface area (Å²) in [6.07, 6.45) is 0. The fourth-order valence-electron chi connectivity index (χ4n) is 9.74. The number of para-hydroxylation sites is 2. The van der Waals surface area contributed by atoms with E-state index in [4.69, 9.17) is 4.42 Å². The number of thiophene rings is 1. The highest BCUT2D eigenvalue weighted by Gasteiger charge is 2.36. The smallest absolute Gasteiger partial charge is 0.159 e. The molecule has 9 aromatic carbocycles. The van der Waals surface area contributed by atoms with Crippen LogP contribution in [0.1, 0.15) is 25.0 Å². The van der Waals surface area contributed by atoms with Crippen molar-refractivity contribution in [2.45, 2.75) is 19.3 Å². The van der Waals surface area contributed by atoms with E-state index in [1.807, 2.05) is 11.3 Å². The highest BCUT2D eigenvalue weighted by atomic mass is 32.1. The van der Waals surface area contributed by atoms with E-state index in [9.17, 15) is 0 Å². The molecule has 0 spiro atoms. The lowest BCUT2D eigenvalue weighted by molar-refractivity contribution is 0.660. The van der Waals surface area contributed by atoms with Gasteiger partial charge in [0.1, 0.15) is 5.58 Å². The standard InChI is InChI=1S/C55H37NOS/c1-55(2)46-26-11-8-21-39(46)40-31-30-36(33-47(40)55)56(48-27-12-9-19-37(48)34-16-4-3-5-17-34)49-28-15-23-42-45-32-35-18-6-7-20-38(35)51(53(45)57-52(42)49)44-25-14-24-43-41-22-10-13-29-50(41)58-54(43)44/h3-33H,1-2H3. The molecule has 2 nitrogen and oxygen atoms in total. The number of benzene rings is 9. The Bertz CT molecular complexity index is 3440. The van der Waals surface area contributed by atoms with Crippen molar-refractivity contribution in [3.8, 4) is 33.4 Å². The first-order valence-electron chi connectivity index (χ1n) is 20.0. The van der Waals surface area contributed by atoms with Gasteiger partial charge in [0.05, 0.1) is 11.4 Å². The lowest BCUT2D eigenvalue weighted by atomic mass is 9.82. The topological polar surface area (TPSA) is 16.4 Å². The largest absolute Gasteiger partial charge is 0.453 e. The molecule has 0 radical (unpaired) electrons. The summed E-state index contributed by atoms with van der Waals surface area (Å²) in [5.74, 6) is 0. The molecule has 58 heavy (non-hydrogen) atoms. The van der Waals surface area contributed by atoms with Gasteiger partial charge in [-0.2, -0.15) is 0 Å². The lowest BCUT2D eigenvalue weighted by Crippen LogP contribution is -2.17. The SMILES string of the molecule is CC1(C)c2ccccc2-c2ccc(N(c3ccccc3-c3ccccc3)c3cccc4c3oc3c(-c5cccc6c5sc5ccccc56)c5ccccc5cc34)cc21. The van der Waals surface area contributed by atoms with E-state index in [0.29, 0.717) is 0 Å². The molecule has 0 aliphatic heterocycles. The van der Waals surface area contributed by atoms with Crippen LogP contribution in [0.5, 0.6) is 0 Å². The van der Waals surface area contributed by atoms with Crippen LogP contribution in [0.15, 0.2) is 192 Å². The minimum atomic E-state index is -0.152. The zero-order valence-corrected chi connectivity index (χ0v) is 33.0. The van der Waals surface area contributed by atoms with Gasteiger partial charge in [-0.1, -0.05) is 166 Å². The van der Waals surface area contributed by atoms with Gasteiger partial charge >= 0.3 is 0 Å². The molecule has 0 saturated carbocycles. The number of hydrogen-bond acceptors (Lipinski definition) is 3. The van der Waals surface area contributed by atoms with Gasteiger partial charge in [0, 0.05) is 58.7 Å². The van der Waals surface area contributed by atoms with Crippen molar-refractivity contribution in [1.82, 2.24) is 0 Å². The molecule has 0 N–H and O–H groups in total. The van der Waals surface area contributed by atoms with Crippen LogP contribution in [0, 0.1) is 0 Å². The fourth-order valence-corrected chi connectivity index (χ4v) is 11.0. The Hall–Kier alpha value is -6.94. The molecule has 1 aliphatic rings. The number of nitrogens with zero attached hydrogens (tertiary/aromatic N) is 1. The molecular formula is C55H37NOS. The molecule has 0 fully saturated rings. The van der Waals surface area contributed by atoms with Crippen molar-refractivity contribution in [2.75, 3.05) is 4.90 Å². The molecule has 0 bridgehead atoms. The predicted octanol–water partition coefficient (Wildman–Crippen LogP) is 16.2. The Morgan fingerprint density at radius 1 is 0.448 bits per heavy atom. The monoisotopic (exact) mass is 759 g/mol. The maximum Gasteiger partial charge on any atom is 0.159 e. The second-order valence-corrected chi connectivity index (χ2v) is 17.1. The Morgan fingerprint density at radius 2 is 1.10 bits per heavy atom. The first-order valence-corrected chi connectivity index (χ1v) is 20.8. The van der Waals surface area contributed by atoms with E-state index in [2.05, 4.69) is 207 Å². The quantitative estimate of drug-likeness (QED) is 0.174. The highest BCUT2D eigenvalue weighted by molar-refractivity contribution is 7.26. The van der Waals surface area contributed by atoms with Crippen LogP contribution >= 0.6 is 11.3 Å². The van der Waals surface area contributed by atoms with E-state index in [1.54, 1.807) is 0 Å². The van der Waals surface area contributed by atoms with Crippen LogP contribution in [-0.2, 0) is 5.41 Å². The number of fused-ring (bicyclic) bond motifs is 10. The first-order chi connectivity index (χ1) is 28.5. The van der Waals surface area contributed by atoms with Gasteiger partial charge in [-0.3, -0.25) is 0 Å². The third-order valence-corrected chi connectivity index (χ3v) is 13.7. The third kappa shape index (κ3) is 4.77. The minimum Gasteiger partial charge on any atom is -0.453 e. The molecule has 0 saturated heterocycles. The van der Waals surface area contributed by atoms with Gasteiger partial charge in [-0.25, -0.2) is 0 Å². The molecule has 2 aromatic heterocycles. The van der Waals surface area contributed by atoms with E-state index >= 15 is 0 Å². The van der Waals surface area contributed by atoms with Crippen LogP contribution in [-0.4, -0.2) is 0 Å². The molecule has 1 aliphatic carbocycles. The average Bonchev–Trinajstić information content (AvgIpc) is 3.91. The van der Waals surface area contributed by atoms with E-state index in [0.717, 1.165) is 50.1 Å². The van der Waals surface area contributed by atoms with Crippen molar-refractivity contribution in [1.29, 1.82) is 0 Å². The summed E-state index contributed by atoms with van der Waals surface area (Å²) >= 11 is 1.86. The van der Waals surface area contributed by atoms with Gasteiger partial charge in [0.2, 0.25) is 0 Å². The Balaban J connectivity index is 1.16. The summed E-state index contributed by atoms with van der Waals surface area (Å²) < 4.78 is 9.99. The molecule has 12 rings (SSSR count). The Kier molecular flexibility index (Phi) is 7.18. The molecule has 0 atom stereocenters. The predicted molar refractivity (Wildman–Crippen MR) is 247 cm³/mol. The van der Waals surface area contributed by atoms with Gasteiger partial charge in [-0.15, -0.1) is 11.3 Å². The summed E-state index contributed by atoms with van der Waals surface area (Å²) in [6.45, 7) is 4.71. The zero-order valence-electron chi connectivity index (χ0n) is 32.2. The van der Waals surface area contributed by atoms with Crippen molar-refractivity contribution in [3.63, 3.8) is 0 Å². The van der Waals surface area contributed by atoms with E-state index in [-0.39, 0.29) is 5.41 Å². The van der Waals surface area contributed by atoms with Gasteiger partial charge < -0.3 is 9.32 Å². The van der Waals surface area contributed by atoms with Crippen molar-refractivity contribution in [3.05, 3.63) is 199 Å². The second-order valence-electron chi connectivity index (χ2n) is 16.0. The molecule has 3 heteroatoms. The summed E-state index contributed by atoms with van der Waals surface area (Å²) in [5.41, 5.74) is 14.8. The van der Waals surface area contributed by atoms with Gasteiger partial charge in [0.25, 0.3) is 0 Å². The van der Waals surface area contributed by atoms with Crippen LogP contribution in [0.2, 0.25) is 0 Å². The number of anilines is 3. The second kappa shape index (κ2) is 12.5. The van der Waals surface area contributed by atoms with E-state index < -0.39 is 0 Å². The molecule has 0 amide bonds. The molecule has 0 unspecified atom stereocenters. The molecule has 2 heterocycles. The summed E-state index contributed by atoms with van der Waals surface area (Å²) in [6, 6.07) is 68.6. The van der Waals surface area contributed by atoms with E-state index in [1.165, 1.54) is 64.3 Å². The Morgan fingerprint density at radius 3 is 2.00 bits per heavy atom. The maximum atomic E-state index is 7.42. The van der Waals surface area contributed by atoms with Crippen LogP contribution in [0.25, 0.3) is 86.3 Å². The third-order valence-electron chi connectivity index (χ3n) is 12.5. The average molecular weight is 760 g/mol. The zero-order chi connectivity index (χ0) is 38.5. The van der Waals surface area contributed by atoms with Gasteiger partial charge in [0.15, 0.2) is 5.58 Å². The van der Waals surface area contributed by atoms with Crippen molar-refractivity contribution in [2.24, 2.45) is 0 Å². The minimum absolute atomic E-state index is 0.152. The van der Waals surface area contributed by atoms with Crippen LogP contribution in [0.4, 0.5) is 17.1 Å². The number of hydrogen-bond donors (Lipinski definition) is 0. The van der Waals surface area contributed by atoms with Crippen LogP contribution in [0.3, 0.4) is 0 Å². The number of rotatable bonds is 5. The summed E-state index contributed by atoms with van der Waals surface area (Å²) in [4.78, 5) is 2.43. The van der Waals surface area contributed by atoms with Gasteiger partial charge in [-0.05, 0) is 75.0 Å². The summed E-state index contributed by atoms with van der Waals surface area (Å²) in [5, 5.41) is 7.17. The fraction of sp³-hybridized carbons (Fsp3) is 0.0545. The Labute approximate surface area is 340 Å². The highest BCUT2D eigenvalue weighted by Crippen LogP contribution is 2.53. The number of furan rings is 1. The first kappa shape index (κ1) is 33.2. The van der Waals surface area contributed by atoms with Crippen molar-refractivity contribution >= 4 is 81.3 Å². The lowest BCUT2D eigenvalue weighted by Gasteiger charge is -2.29. The maximum absolute atomic E-state index is 7.42. The van der Waals surface area contributed by atoms with Crippen LogP contribution < -0.4 is 4.90 Å². The summed E-state index contributed by atoms with van der Waals surface area (Å²) in [7, 11) is 0. The molecule has 11 aromatic rings. The normalized spacial score (nSPS) is 13.1. The molecule has 274 valence electrons. The molecular weight excluding hydrogens is 723 g/mol. The van der Waals surface area contributed by atoms with Crippen molar-refractivity contribution < 1.29 is 4.42 Å².